The van der Waals surface area contributed by atoms with Crippen molar-refractivity contribution in [3.05, 3.63) is 65.4 Å². The average Bonchev–Trinajstić information content (AvgIpc) is 3.11. The van der Waals surface area contributed by atoms with E-state index in [1.54, 1.807) is 13.2 Å². The summed E-state index contributed by atoms with van der Waals surface area (Å²) < 4.78 is 21.4. The van der Waals surface area contributed by atoms with Crippen molar-refractivity contribution in [1.82, 2.24) is 5.32 Å². The van der Waals surface area contributed by atoms with Crippen LogP contribution in [-0.4, -0.2) is 32.2 Å². The molecule has 1 heterocycles. The number of rotatable bonds is 8. The van der Waals surface area contributed by atoms with Crippen molar-refractivity contribution in [3.8, 4) is 5.75 Å². The van der Waals surface area contributed by atoms with Crippen LogP contribution < -0.4 is 10.1 Å². The highest BCUT2D eigenvalue weighted by atomic mass is 16.6. The van der Waals surface area contributed by atoms with Gasteiger partial charge in [0, 0.05) is 30.2 Å². The SMILES string of the molecule is COCc1c(C(=O)O[C@H](C)C(=O)NCc2ccccc2OC)oc2ccccc12. The Hall–Kier alpha value is -3.32. The van der Waals surface area contributed by atoms with Crippen LogP contribution in [0.25, 0.3) is 11.0 Å². The maximum atomic E-state index is 12.6. The van der Waals surface area contributed by atoms with E-state index in [1.165, 1.54) is 14.0 Å². The number of carbonyl (C=O) groups is 2. The fraction of sp³-hybridized carbons (Fsp3) is 0.273. The van der Waals surface area contributed by atoms with E-state index in [9.17, 15) is 9.59 Å². The molecule has 1 atom stereocenters. The molecular weight excluding hydrogens is 374 g/mol. The first kappa shape index (κ1) is 20.4. The smallest absolute Gasteiger partial charge is 0.375 e. The van der Waals surface area contributed by atoms with Crippen molar-refractivity contribution >= 4 is 22.8 Å². The third-order valence-corrected chi connectivity index (χ3v) is 4.47. The number of para-hydroxylation sites is 2. The summed E-state index contributed by atoms with van der Waals surface area (Å²) in [5.41, 5.74) is 1.97. The number of fused-ring (bicyclic) bond motifs is 1. The second kappa shape index (κ2) is 9.25. The minimum atomic E-state index is -0.999. The molecule has 3 rings (SSSR count). The zero-order valence-electron chi connectivity index (χ0n) is 16.6. The van der Waals surface area contributed by atoms with Gasteiger partial charge < -0.3 is 23.9 Å². The fourth-order valence-electron chi connectivity index (χ4n) is 2.99. The Morgan fingerprint density at radius 3 is 2.55 bits per heavy atom. The number of furan rings is 1. The van der Waals surface area contributed by atoms with Crippen LogP contribution in [0.15, 0.2) is 52.9 Å². The molecule has 0 spiro atoms. The molecule has 1 amide bonds. The number of hydrogen-bond donors (Lipinski definition) is 1. The van der Waals surface area contributed by atoms with Gasteiger partial charge in [-0.2, -0.15) is 0 Å². The minimum absolute atomic E-state index is 0.0393. The van der Waals surface area contributed by atoms with Gasteiger partial charge in [-0.3, -0.25) is 4.79 Å². The highest BCUT2D eigenvalue weighted by molar-refractivity contribution is 5.97. The summed E-state index contributed by atoms with van der Waals surface area (Å²) in [6.45, 7) is 1.95. The topological polar surface area (TPSA) is 87.0 Å². The molecule has 1 N–H and O–H groups in total. The molecule has 7 nitrogen and oxygen atoms in total. The van der Waals surface area contributed by atoms with E-state index >= 15 is 0 Å². The molecule has 0 radical (unpaired) electrons. The van der Waals surface area contributed by atoms with Gasteiger partial charge in [-0.05, 0) is 19.1 Å². The maximum absolute atomic E-state index is 12.6. The van der Waals surface area contributed by atoms with E-state index in [4.69, 9.17) is 18.6 Å². The summed E-state index contributed by atoms with van der Waals surface area (Å²) in [6, 6.07) is 14.6. The standard InChI is InChI=1S/C22H23NO6/c1-14(21(24)23-12-15-8-4-6-10-18(15)27-3)28-22(25)20-17(13-26-2)16-9-5-7-11-19(16)29-20/h4-11,14H,12-13H2,1-3H3,(H,23,24)/t14-/m1/s1. The van der Waals surface area contributed by atoms with Crippen molar-refractivity contribution in [2.45, 2.75) is 26.2 Å². The number of hydrogen-bond acceptors (Lipinski definition) is 6. The number of amides is 1. The molecule has 0 saturated carbocycles. The first-order chi connectivity index (χ1) is 14.0. The molecule has 0 aliphatic rings. The predicted molar refractivity (Wildman–Crippen MR) is 107 cm³/mol. The normalized spacial score (nSPS) is 11.8. The fourth-order valence-corrected chi connectivity index (χ4v) is 2.99. The quantitative estimate of drug-likeness (QED) is 0.586. The summed E-state index contributed by atoms with van der Waals surface area (Å²) in [5.74, 6) is -0.428. The molecule has 3 aromatic rings. The van der Waals surface area contributed by atoms with Crippen LogP contribution >= 0.6 is 0 Å². The summed E-state index contributed by atoms with van der Waals surface area (Å²) >= 11 is 0. The van der Waals surface area contributed by atoms with Gasteiger partial charge in [0.2, 0.25) is 5.76 Å². The van der Waals surface area contributed by atoms with Gasteiger partial charge >= 0.3 is 5.97 Å². The van der Waals surface area contributed by atoms with Crippen molar-refractivity contribution in [3.63, 3.8) is 0 Å². The lowest BCUT2D eigenvalue weighted by molar-refractivity contribution is -0.129. The molecule has 0 aliphatic carbocycles. The summed E-state index contributed by atoms with van der Waals surface area (Å²) in [6.07, 6.45) is -0.999. The molecule has 0 bridgehead atoms. The predicted octanol–water partition coefficient (Wildman–Crippen LogP) is 3.45. The Balaban J connectivity index is 1.68. The van der Waals surface area contributed by atoms with Gasteiger partial charge in [-0.25, -0.2) is 4.79 Å². The number of benzene rings is 2. The third kappa shape index (κ3) is 4.57. The molecule has 0 fully saturated rings. The number of methoxy groups -OCH3 is 2. The monoisotopic (exact) mass is 397 g/mol. The maximum Gasteiger partial charge on any atom is 0.375 e. The number of carbonyl (C=O) groups excluding carboxylic acids is 2. The lowest BCUT2D eigenvalue weighted by atomic mass is 10.1. The minimum Gasteiger partial charge on any atom is -0.496 e. The Bertz CT molecular complexity index is 1010. The van der Waals surface area contributed by atoms with E-state index in [0.29, 0.717) is 16.9 Å². The molecule has 7 heteroatoms. The number of nitrogens with one attached hydrogen (secondary N) is 1. The molecule has 2 aromatic carbocycles. The largest absolute Gasteiger partial charge is 0.496 e. The van der Waals surface area contributed by atoms with Gasteiger partial charge in [-0.15, -0.1) is 0 Å². The highest BCUT2D eigenvalue weighted by Gasteiger charge is 2.25. The van der Waals surface area contributed by atoms with Crippen LogP contribution in [0.1, 0.15) is 28.6 Å². The van der Waals surface area contributed by atoms with E-state index < -0.39 is 18.0 Å². The lowest BCUT2D eigenvalue weighted by Crippen LogP contribution is -2.35. The van der Waals surface area contributed by atoms with E-state index in [2.05, 4.69) is 5.32 Å². The summed E-state index contributed by atoms with van der Waals surface area (Å²) in [5, 5.41) is 3.52. The molecule has 0 saturated heterocycles. The van der Waals surface area contributed by atoms with E-state index in [0.717, 1.165) is 10.9 Å². The van der Waals surface area contributed by atoms with Gasteiger partial charge in [0.1, 0.15) is 11.3 Å². The summed E-state index contributed by atoms with van der Waals surface area (Å²) in [4.78, 5) is 25.0. The van der Waals surface area contributed by atoms with Crippen molar-refractivity contribution in [1.29, 1.82) is 0 Å². The first-order valence-electron chi connectivity index (χ1n) is 9.15. The Labute approximate surface area is 168 Å². The molecule has 152 valence electrons. The van der Waals surface area contributed by atoms with E-state index in [-0.39, 0.29) is 18.9 Å². The van der Waals surface area contributed by atoms with Crippen LogP contribution in [0.2, 0.25) is 0 Å². The molecule has 1 aromatic heterocycles. The average molecular weight is 397 g/mol. The highest BCUT2D eigenvalue weighted by Crippen LogP contribution is 2.27. The van der Waals surface area contributed by atoms with Crippen molar-refractivity contribution in [2.75, 3.05) is 14.2 Å². The summed E-state index contributed by atoms with van der Waals surface area (Å²) in [7, 11) is 3.10. The van der Waals surface area contributed by atoms with Gasteiger partial charge in [0.25, 0.3) is 5.91 Å². The van der Waals surface area contributed by atoms with Crippen LogP contribution in [0.5, 0.6) is 5.75 Å². The number of esters is 1. The second-order valence-electron chi connectivity index (χ2n) is 6.42. The molecule has 29 heavy (non-hydrogen) atoms. The molecular formula is C22H23NO6. The molecule has 0 aliphatic heterocycles. The van der Waals surface area contributed by atoms with Gasteiger partial charge in [-0.1, -0.05) is 36.4 Å². The van der Waals surface area contributed by atoms with Crippen LogP contribution in [0.4, 0.5) is 0 Å². The molecule has 0 unspecified atom stereocenters. The van der Waals surface area contributed by atoms with Crippen molar-refractivity contribution < 1.29 is 28.2 Å². The van der Waals surface area contributed by atoms with Crippen LogP contribution in [-0.2, 0) is 27.4 Å². The Kier molecular flexibility index (Phi) is 6.51. The number of ether oxygens (including phenoxy) is 3. The zero-order chi connectivity index (χ0) is 20.8. The lowest BCUT2D eigenvalue weighted by Gasteiger charge is -2.14. The van der Waals surface area contributed by atoms with E-state index in [1.807, 2.05) is 42.5 Å². The third-order valence-electron chi connectivity index (χ3n) is 4.47. The van der Waals surface area contributed by atoms with Crippen LogP contribution in [0.3, 0.4) is 0 Å². The van der Waals surface area contributed by atoms with Gasteiger partial charge in [0.15, 0.2) is 6.10 Å². The second-order valence-corrected chi connectivity index (χ2v) is 6.42. The Morgan fingerprint density at radius 2 is 1.79 bits per heavy atom. The first-order valence-corrected chi connectivity index (χ1v) is 9.15. The zero-order valence-corrected chi connectivity index (χ0v) is 16.6. The Morgan fingerprint density at radius 1 is 1.07 bits per heavy atom. The van der Waals surface area contributed by atoms with Crippen LogP contribution in [0, 0.1) is 0 Å². The van der Waals surface area contributed by atoms with Crippen molar-refractivity contribution in [2.24, 2.45) is 0 Å². The van der Waals surface area contributed by atoms with Gasteiger partial charge in [0.05, 0.1) is 13.7 Å².